The van der Waals surface area contributed by atoms with Crippen molar-refractivity contribution in [2.45, 2.75) is 26.9 Å². The number of hydrogen-bond acceptors (Lipinski definition) is 5. The number of aliphatic imine (C=N–C) groups is 1. The largest absolute Gasteiger partial charge is 0.352 e. The number of benzene rings is 1. The Kier molecular flexibility index (Phi) is 7.51. The highest BCUT2D eigenvalue weighted by Crippen LogP contribution is 2.16. The lowest BCUT2D eigenvalue weighted by molar-refractivity contribution is 0.810. The molecule has 0 aliphatic rings. The van der Waals surface area contributed by atoms with E-state index in [0.29, 0.717) is 6.54 Å². The first-order valence-corrected chi connectivity index (χ1v) is 8.78. The molecule has 9 heteroatoms. The van der Waals surface area contributed by atoms with E-state index in [4.69, 9.17) is 0 Å². The summed E-state index contributed by atoms with van der Waals surface area (Å²) in [7, 11) is 1.77. The van der Waals surface area contributed by atoms with E-state index in [0.717, 1.165) is 34.5 Å². The van der Waals surface area contributed by atoms with Crippen molar-refractivity contribution in [2.24, 2.45) is 4.99 Å². The minimum Gasteiger partial charge on any atom is -0.352 e. The second-order valence-corrected chi connectivity index (χ2v) is 6.82. The van der Waals surface area contributed by atoms with Crippen molar-refractivity contribution in [2.75, 3.05) is 7.05 Å². The summed E-state index contributed by atoms with van der Waals surface area (Å²) >= 11 is 1.71. The number of thiazole rings is 1. The van der Waals surface area contributed by atoms with Gasteiger partial charge in [-0.25, -0.2) is 14.6 Å². The molecule has 0 fully saturated rings. The minimum absolute atomic E-state index is 0. The van der Waals surface area contributed by atoms with Gasteiger partial charge in [-0.1, -0.05) is 12.1 Å². The molecule has 0 unspecified atom stereocenters. The minimum atomic E-state index is 0. The zero-order valence-corrected chi connectivity index (χ0v) is 18.1. The van der Waals surface area contributed by atoms with E-state index in [9.17, 15) is 0 Å². The van der Waals surface area contributed by atoms with Crippen molar-refractivity contribution in [3.8, 4) is 5.69 Å². The van der Waals surface area contributed by atoms with Crippen LogP contribution in [0.5, 0.6) is 0 Å². The molecule has 138 valence electrons. The summed E-state index contributed by atoms with van der Waals surface area (Å²) < 4.78 is 1.73. The Bertz CT molecular complexity index is 841. The van der Waals surface area contributed by atoms with Gasteiger partial charge in [0.15, 0.2) is 5.96 Å². The molecular formula is C17H22IN7S. The summed E-state index contributed by atoms with van der Waals surface area (Å²) in [5.41, 5.74) is 3.23. The lowest BCUT2D eigenvalue weighted by Gasteiger charge is -2.12. The fourth-order valence-electron chi connectivity index (χ4n) is 2.42. The van der Waals surface area contributed by atoms with Crippen LogP contribution in [0.4, 0.5) is 0 Å². The molecule has 2 heterocycles. The summed E-state index contributed by atoms with van der Waals surface area (Å²) in [6.07, 6.45) is 3.21. The maximum atomic E-state index is 4.44. The normalized spacial score (nSPS) is 11.1. The van der Waals surface area contributed by atoms with Crippen LogP contribution in [0.25, 0.3) is 5.69 Å². The Balaban J connectivity index is 0.00000243. The summed E-state index contributed by atoms with van der Waals surface area (Å²) in [6.45, 7) is 5.48. The number of halogens is 1. The fourth-order valence-corrected chi connectivity index (χ4v) is 3.29. The molecule has 7 nitrogen and oxygen atoms in total. The number of nitrogens with zero attached hydrogens (tertiary/aromatic N) is 5. The second kappa shape index (κ2) is 9.62. The Morgan fingerprint density at radius 2 is 1.88 bits per heavy atom. The highest BCUT2D eigenvalue weighted by Gasteiger charge is 2.06. The van der Waals surface area contributed by atoms with Crippen LogP contribution in [0.2, 0.25) is 0 Å². The van der Waals surface area contributed by atoms with E-state index in [1.165, 1.54) is 11.2 Å². The van der Waals surface area contributed by atoms with E-state index in [2.05, 4.69) is 42.8 Å². The topological polar surface area (TPSA) is 80.0 Å². The van der Waals surface area contributed by atoms with Gasteiger partial charge in [0.1, 0.15) is 12.7 Å². The van der Waals surface area contributed by atoms with Gasteiger partial charge in [0.2, 0.25) is 0 Å². The molecule has 2 N–H and O–H groups in total. The Labute approximate surface area is 174 Å². The molecule has 0 aliphatic carbocycles. The predicted octanol–water partition coefficient (Wildman–Crippen LogP) is 2.82. The molecule has 3 aromatic rings. The maximum absolute atomic E-state index is 4.44. The van der Waals surface area contributed by atoms with Crippen LogP contribution in [-0.2, 0) is 13.1 Å². The fraction of sp³-hybridized carbons (Fsp3) is 0.294. The highest BCUT2D eigenvalue weighted by molar-refractivity contribution is 14.0. The van der Waals surface area contributed by atoms with Gasteiger partial charge >= 0.3 is 0 Å². The van der Waals surface area contributed by atoms with Crippen molar-refractivity contribution in [3.63, 3.8) is 0 Å². The monoisotopic (exact) mass is 483 g/mol. The van der Waals surface area contributed by atoms with E-state index in [1.807, 2.05) is 26.0 Å². The van der Waals surface area contributed by atoms with Crippen molar-refractivity contribution < 1.29 is 0 Å². The third kappa shape index (κ3) is 5.24. The van der Waals surface area contributed by atoms with Crippen LogP contribution >= 0.6 is 35.3 Å². The number of guanidine groups is 1. The van der Waals surface area contributed by atoms with Crippen LogP contribution in [-0.4, -0.2) is 32.8 Å². The lowest BCUT2D eigenvalue weighted by atomic mass is 10.2. The molecule has 0 atom stereocenters. The van der Waals surface area contributed by atoms with Crippen LogP contribution < -0.4 is 10.6 Å². The van der Waals surface area contributed by atoms with Crippen LogP contribution in [0.15, 0.2) is 41.9 Å². The van der Waals surface area contributed by atoms with Gasteiger partial charge in [0.25, 0.3) is 0 Å². The van der Waals surface area contributed by atoms with E-state index in [1.54, 1.807) is 29.4 Å². The number of aryl methyl sites for hydroxylation is 2. The SMILES string of the molecule is CN=C(NCc1ccc(-n2cncn2)cc1)NCc1sc(C)nc1C.I. The number of aromatic nitrogens is 4. The summed E-state index contributed by atoms with van der Waals surface area (Å²) in [5, 5.41) is 11.9. The number of rotatable bonds is 5. The Morgan fingerprint density at radius 3 is 2.46 bits per heavy atom. The first-order chi connectivity index (χ1) is 12.2. The van der Waals surface area contributed by atoms with Gasteiger partial charge in [-0.2, -0.15) is 5.10 Å². The van der Waals surface area contributed by atoms with Gasteiger partial charge < -0.3 is 10.6 Å². The van der Waals surface area contributed by atoms with E-state index < -0.39 is 0 Å². The molecular weight excluding hydrogens is 461 g/mol. The number of hydrogen-bond donors (Lipinski definition) is 2. The molecule has 0 amide bonds. The van der Waals surface area contributed by atoms with Gasteiger partial charge in [-0.05, 0) is 31.5 Å². The van der Waals surface area contributed by atoms with Gasteiger partial charge in [-0.15, -0.1) is 35.3 Å². The molecule has 1 aromatic carbocycles. The van der Waals surface area contributed by atoms with Crippen molar-refractivity contribution in [1.29, 1.82) is 0 Å². The third-order valence-corrected chi connectivity index (χ3v) is 4.79. The molecule has 0 spiro atoms. The Morgan fingerprint density at radius 1 is 1.15 bits per heavy atom. The molecule has 3 rings (SSSR count). The third-order valence-electron chi connectivity index (χ3n) is 3.72. The molecule has 0 bridgehead atoms. The number of nitrogens with one attached hydrogen (secondary N) is 2. The van der Waals surface area contributed by atoms with Crippen molar-refractivity contribution >= 4 is 41.3 Å². The zero-order valence-electron chi connectivity index (χ0n) is 14.9. The average Bonchev–Trinajstić information content (AvgIpc) is 3.25. The Hall–Kier alpha value is -2.01. The van der Waals surface area contributed by atoms with Gasteiger partial charge in [0.05, 0.1) is 22.9 Å². The molecule has 26 heavy (non-hydrogen) atoms. The smallest absolute Gasteiger partial charge is 0.191 e. The summed E-state index contributed by atoms with van der Waals surface area (Å²) in [5.74, 6) is 0.769. The first-order valence-electron chi connectivity index (χ1n) is 7.97. The maximum Gasteiger partial charge on any atom is 0.191 e. The molecule has 0 saturated carbocycles. The van der Waals surface area contributed by atoms with Crippen LogP contribution in [0, 0.1) is 13.8 Å². The van der Waals surface area contributed by atoms with E-state index >= 15 is 0 Å². The molecule has 2 aromatic heterocycles. The van der Waals surface area contributed by atoms with Crippen LogP contribution in [0.3, 0.4) is 0 Å². The average molecular weight is 483 g/mol. The first kappa shape index (κ1) is 20.3. The van der Waals surface area contributed by atoms with Gasteiger partial charge in [0, 0.05) is 18.5 Å². The second-order valence-electron chi connectivity index (χ2n) is 5.53. The van der Waals surface area contributed by atoms with Crippen LogP contribution in [0.1, 0.15) is 21.1 Å². The molecule has 0 saturated heterocycles. The summed E-state index contributed by atoms with van der Waals surface area (Å²) in [4.78, 5) is 13.9. The molecule has 0 radical (unpaired) electrons. The van der Waals surface area contributed by atoms with E-state index in [-0.39, 0.29) is 24.0 Å². The molecule has 0 aliphatic heterocycles. The predicted molar refractivity (Wildman–Crippen MR) is 115 cm³/mol. The van der Waals surface area contributed by atoms with Crippen molar-refractivity contribution in [1.82, 2.24) is 30.4 Å². The van der Waals surface area contributed by atoms with Crippen molar-refractivity contribution in [3.05, 3.63) is 58.1 Å². The standard InChI is InChI=1S/C17H21N7S.HI/c1-12-16(25-13(2)23-12)9-21-17(18-3)20-8-14-4-6-15(7-5-14)24-11-19-10-22-24;/h4-7,10-11H,8-9H2,1-3H3,(H2,18,20,21);1H. The lowest BCUT2D eigenvalue weighted by Crippen LogP contribution is -2.36. The highest BCUT2D eigenvalue weighted by atomic mass is 127. The zero-order chi connectivity index (χ0) is 17.6. The van der Waals surface area contributed by atoms with Gasteiger partial charge in [-0.3, -0.25) is 4.99 Å². The summed E-state index contributed by atoms with van der Waals surface area (Å²) in [6, 6.07) is 8.17. The quantitative estimate of drug-likeness (QED) is 0.332.